The number of halogens is 1. The Morgan fingerprint density at radius 1 is 1.17 bits per heavy atom. The van der Waals surface area contributed by atoms with Gasteiger partial charge in [-0.3, -0.25) is 0 Å². The van der Waals surface area contributed by atoms with Crippen molar-refractivity contribution in [3.05, 3.63) is 65.1 Å². The van der Waals surface area contributed by atoms with E-state index in [1.165, 1.54) is 0 Å². The maximum absolute atomic E-state index is 9.72. The molecule has 0 amide bonds. The van der Waals surface area contributed by atoms with Crippen LogP contribution in [0.25, 0.3) is 28.0 Å². The molecule has 0 atom stereocenters. The predicted molar refractivity (Wildman–Crippen MR) is 136 cm³/mol. The van der Waals surface area contributed by atoms with Crippen LogP contribution >= 0.6 is 11.6 Å². The molecular formula is C26H26ClN7O. The Morgan fingerprint density at radius 2 is 1.97 bits per heavy atom. The van der Waals surface area contributed by atoms with Gasteiger partial charge < -0.3 is 15.3 Å². The highest BCUT2D eigenvalue weighted by Gasteiger charge is 2.23. The van der Waals surface area contributed by atoms with Crippen LogP contribution in [0.4, 0.5) is 5.82 Å². The second kappa shape index (κ2) is 10.0. The van der Waals surface area contributed by atoms with E-state index < -0.39 is 0 Å². The third-order valence-corrected chi connectivity index (χ3v) is 6.55. The Labute approximate surface area is 208 Å². The van der Waals surface area contributed by atoms with Crippen LogP contribution in [-0.4, -0.2) is 61.9 Å². The van der Waals surface area contributed by atoms with E-state index in [4.69, 9.17) is 21.7 Å². The number of rotatable bonds is 6. The first-order valence-corrected chi connectivity index (χ1v) is 12.1. The fourth-order valence-corrected chi connectivity index (χ4v) is 4.93. The van der Waals surface area contributed by atoms with Gasteiger partial charge in [-0.05, 0) is 49.6 Å². The average molecular weight is 488 g/mol. The third kappa shape index (κ3) is 4.84. The van der Waals surface area contributed by atoms with Crippen LogP contribution in [0, 0.1) is 18.3 Å². The average Bonchev–Trinajstić information content (AvgIpc) is 3.23. The van der Waals surface area contributed by atoms with E-state index >= 15 is 0 Å². The molecule has 3 aromatic heterocycles. The summed E-state index contributed by atoms with van der Waals surface area (Å²) < 4.78 is 1.75. The molecule has 5 rings (SSSR count). The molecule has 8 nitrogen and oxygen atoms in total. The largest absolute Gasteiger partial charge is 0.395 e. The van der Waals surface area contributed by atoms with Crippen LogP contribution in [0.2, 0.25) is 5.15 Å². The molecule has 0 saturated carbocycles. The van der Waals surface area contributed by atoms with Gasteiger partial charge in [0.25, 0.3) is 0 Å². The molecule has 1 aromatic carbocycles. The highest BCUT2D eigenvalue weighted by Crippen LogP contribution is 2.37. The van der Waals surface area contributed by atoms with Gasteiger partial charge in [-0.15, -0.1) is 0 Å². The molecule has 0 unspecified atom stereocenters. The molecule has 0 bridgehead atoms. The maximum Gasteiger partial charge on any atom is 0.165 e. The summed E-state index contributed by atoms with van der Waals surface area (Å²) in [7, 11) is 0. The molecule has 4 aromatic rings. The van der Waals surface area contributed by atoms with Crippen molar-refractivity contribution in [1.82, 2.24) is 24.5 Å². The number of aryl methyl sites for hydroxylation is 1. The highest BCUT2D eigenvalue weighted by atomic mass is 35.5. The lowest BCUT2D eigenvalue weighted by Crippen LogP contribution is -2.40. The Morgan fingerprint density at radius 3 is 2.71 bits per heavy atom. The predicted octanol–water partition coefficient (Wildman–Crippen LogP) is 4.16. The molecular weight excluding hydrogens is 462 g/mol. The summed E-state index contributed by atoms with van der Waals surface area (Å²) in [6.45, 7) is 4.70. The van der Waals surface area contributed by atoms with Gasteiger partial charge in [-0.25, -0.2) is 14.5 Å². The molecule has 35 heavy (non-hydrogen) atoms. The van der Waals surface area contributed by atoms with Crippen molar-refractivity contribution in [3.63, 3.8) is 0 Å². The zero-order valence-electron chi connectivity index (χ0n) is 19.4. The number of nitrogens with one attached hydrogen (secondary N) is 1. The quantitative estimate of drug-likeness (QED) is 0.393. The Bertz CT molecular complexity index is 1380. The standard InChI is InChI=1S/C26H26ClN7O/c1-17-14-19(15-22(27)29-17)24-25(21-5-3-2-4-18(21)16-28)32-34-11-8-23(31-26(24)34)30-20-6-9-33(10-7-20)12-13-35/h2-5,8,11,14-15,20,35H,6-7,9-10,12-13H2,1H3,(H,30,31). The fourth-order valence-electron chi connectivity index (χ4n) is 4.67. The zero-order valence-corrected chi connectivity index (χ0v) is 20.2. The normalized spacial score (nSPS) is 14.8. The van der Waals surface area contributed by atoms with Crippen LogP contribution in [-0.2, 0) is 0 Å². The number of anilines is 1. The minimum atomic E-state index is 0.191. The van der Waals surface area contributed by atoms with Crippen molar-refractivity contribution >= 4 is 23.1 Å². The second-order valence-corrected chi connectivity index (χ2v) is 9.15. The molecule has 1 fully saturated rings. The first-order valence-electron chi connectivity index (χ1n) is 11.7. The lowest BCUT2D eigenvalue weighted by Gasteiger charge is -2.32. The van der Waals surface area contributed by atoms with Gasteiger partial charge in [0.2, 0.25) is 0 Å². The van der Waals surface area contributed by atoms with E-state index in [0.29, 0.717) is 28.1 Å². The number of aromatic nitrogens is 4. The van der Waals surface area contributed by atoms with Gasteiger partial charge in [0.1, 0.15) is 16.7 Å². The first kappa shape index (κ1) is 23.2. The van der Waals surface area contributed by atoms with Crippen molar-refractivity contribution in [3.8, 4) is 28.5 Å². The molecule has 0 radical (unpaired) electrons. The SMILES string of the molecule is Cc1cc(-c2c(-c3ccccc3C#N)nn3ccc(NC4CCN(CCO)CC4)nc23)cc(Cl)n1. The zero-order chi connectivity index (χ0) is 24.4. The highest BCUT2D eigenvalue weighted by molar-refractivity contribution is 6.29. The number of hydrogen-bond acceptors (Lipinski definition) is 7. The molecule has 4 heterocycles. The molecule has 1 aliphatic heterocycles. The van der Waals surface area contributed by atoms with Gasteiger partial charge in [0, 0.05) is 43.1 Å². The van der Waals surface area contributed by atoms with Gasteiger partial charge in [-0.2, -0.15) is 10.4 Å². The van der Waals surface area contributed by atoms with Crippen LogP contribution < -0.4 is 5.32 Å². The summed E-state index contributed by atoms with van der Waals surface area (Å²) in [5.74, 6) is 0.774. The van der Waals surface area contributed by atoms with Crippen LogP contribution in [0.3, 0.4) is 0 Å². The summed E-state index contributed by atoms with van der Waals surface area (Å²) in [6.07, 6.45) is 3.86. The number of piperidine rings is 1. The number of hydrogen-bond donors (Lipinski definition) is 2. The van der Waals surface area contributed by atoms with Crippen molar-refractivity contribution in [1.29, 1.82) is 5.26 Å². The number of nitrogens with zero attached hydrogens (tertiary/aromatic N) is 6. The topological polar surface area (TPSA) is 102 Å². The summed E-state index contributed by atoms with van der Waals surface area (Å²) in [4.78, 5) is 11.5. The number of fused-ring (bicyclic) bond motifs is 1. The number of aliphatic hydroxyl groups is 1. The monoisotopic (exact) mass is 487 g/mol. The molecule has 1 aliphatic rings. The number of nitriles is 1. The lowest BCUT2D eigenvalue weighted by atomic mass is 9.98. The Balaban J connectivity index is 1.58. The maximum atomic E-state index is 9.72. The molecule has 1 saturated heterocycles. The van der Waals surface area contributed by atoms with E-state index in [9.17, 15) is 10.4 Å². The number of benzene rings is 1. The van der Waals surface area contributed by atoms with Gasteiger partial charge >= 0.3 is 0 Å². The van der Waals surface area contributed by atoms with Gasteiger partial charge in [0.05, 0.1) is 23.8 Å². The smallest absolute Gasteiger partial charge is 0.165 e. The molecule has 0 spiro atoms. The third-order valence-electron chi connectivity index (χ3n) is 6.35. The summed E-state index contributed by atoms with van der Waals surface area (Å²) in [5, 5.41) is 27.7. The van der Waals surface area contributed by atoms with Crippen LogP contribution in [0.5, 0.6) is 0 Å². The van der Waals surface area contributed by atoms with Crippen molar-refractivity contribution in [2.45, 2.75) is 25.8 Å². The fraction of sp³-hybridized carbons (Fsp3) is 0.308. The summed E-state index contributed by atoms with van der Waals surface area (Å²) >= 11 is 6.33. The lowest BCUT2D eigenvalue weighted by molar-refractivity contribution is 0.168. The van der Waals surface area contributed by atoms with E-state index in [0.717, 1.165) is 60.7 Å². The minimum absolute atomic E-state index is 0.191. The van der Waals surface area contributed by atoms with E-state index in [2.05, 4.69) is 21.3 Å². The van der Waals surface area contributed by atoms with Crippen molar-refractivity contribution in [2.24, 2.45) is 0 Å². The minimum Gasteiger partial charge on any atom is -0.395 e. The Kier molecular flexibility index (Phi) is 6.64. The van der Waals surface area contributed by atoms with Crippen LogP contribution in [0.15, 0.2) is 48.7 Å². The first-order chi connectivity index (χ1) is 17.1. The molecule has 178 valence electrons. The van der Waals surface area contributed by atoms with Crippen molar-refractivity contribution < 1.29 is 5.11 Å². The van der Waals surface area contributed by atoms with Gasteiger partial charge in [-0.1, -0.05) is 29.8 Å². The van der Waals surface area contributed by atoms with Crippen LogP contribution in [0.1, 0.15) is 24.1 Å². The van der Waals surface area contributed by atoms with Gasteiger partial charge in [0.15, 0.2) is 5.65 Å². The number of likely N-dealkylation sites (tertiary alicyclic amines) is 1. The molecule has 2 N–H and O–H groups in total. The van der Waals surface area contributed by atoms with E-state index in [1.54, 1.807) is 10.6 Å². The summed E-state index contributed by atoms with van der Waals surface area (Å²) in [5.41, 5.74) is 5.08. The second-order valence-electron chi connectivity index (χ2n) is 8.77. The van der Waals surface area contributed by atoms with E-state index in [-0.39, 0.29) is 6.61 Å². The van der Waals surface area contributed by atoms with Crippen molar-refractivity contribution in [2.75, 3.05) is 31.6 Å². The van der Waals surface area contributed by atoms with E-state index in [1.807, 2.05) is 49.5 Å². The Hall–Kier alpha value is -3.51. The molecule has 9 heteroatoms. The number of β-amino-alcohol motifs (C(OH)–C–C–N with tert-alkyl or cyclic N) is 1. The summed E-state index contributed by atoms with van der Waals surface area (Å²) in [6, 6.07) is 15.7. The number of aliphatic hydroxyl groups excluding tert-OH is 1. The number of pyridine rings is 1. The molecule has 0 aliphatic carbocycles.